The van der Waals surface area contributed by atoms with Crippen LogP contribution in [0.5, 0.6) is 0 Å². The first-order valence-corrected chi connectivity index (χ1v) is 10.2. The number of anilines is 1. The Balaban J connectivity index is 1.81. The van der Waals surface area contributed by atoms with Gasteiger partial charge in [0, 0.05) is 48.7 Å². The lowest BCUT2D eigenvalue weighted by Gasteiger charge is -2.19. The van der Waals surface area contributed by atoms with Gasteiger partial charge in [0.05, 0.1) is 11.6 Å². The van der Waals surface area contributed by atoms with Gasteiger partial charge in [0.1, 0.15) is 5.82 Å². The smallest absolute Gasteiger partial charge is 0.274 e. The van der Waals surface area contributed by atoms with E-state index in [0.717, 1.165) is 18.9 Å². The van der Waals surface area contributed by atoms with Crippen molar-refractivity contribution in [3.05, 3.63) is 63.5 Å². The number of fused-ring (bicyclic) bond motifs is 1. The van der Waals surface area contributed by atoms with Crippen molar-refractivity contribution in [3.63, 3.8) is 0 Å². The molecule has 1 N–H and O–H groups in total. The van der Waals surface area contributed by atoms with E-state index >= 15 is 0 Å². The molecule has 10 heteroatoms. The Morgan fingerprint density at radius 1 is 1.19 bits per heavy atom. The molecule has 0 radical (unpaired) electrons. The lowest BCUT2D eigenvalue weighted by molar-refractivity contribution is 0.0823. The van der Waals surface area contributed by atoms with Crippen molar-refractivity contribution in [1.82, 2.24) is 19.7 Å². The van der Waals surface area contributed by atoms with Crippen molar-refractivity contribution in [1.29, 1.82) is 0 Å². The van der Waals surface area contributed by atoms with E-state index in [9.17, 15) is 22.8 Å². The maximum atomic E-state index is 14.6. The molecule has 1 atom stereocenters. The maximum Gasteiger partial charge on any atom is 0.274 e. The molecule has 1 aliphatic carbocycles. The Labute approximate surface area is 181 Å². The topological polar surface area (TPSA) is 80.1 Å². The Hall–Kier alpha value is -3.43. The van der Waals surface area contributed by atoms with Crippen LogP contribution >= 0.6 is 0 Å². The molecule has 2 aromatic heterocycles. The van der Waals surface area contributed by atoms with Gasteiger partial charge in [-0.1, -0.05) is 18.2 Å². The summed E-state index contributed by atoms with van der Waals surface area (Å²) in [6, 6.07) is 4.53. The second-order valence-corrected chi connectivity index (χ2v) is 8.09. The molecule has 7 nitrogen and oxygen atoms in total. The fraction of sp³-hybridized carbons (Fsp3) is 0.364. The minimum absolute atomic E-state index is 0.0223. The number of aromatic nitrogens is 3. The predicted molar refractivity (Wildman–Crippen MR) is 113 cm³/mol. The number of alkyl halides is 2. The fourth-order valence-electron chi connectivity index (χ4n) is 3.61. The summed E-state index contributed by atoms with van der Waals surface area (Å²) in [5, 5.41) is 11.9. The molecule has 1 aliphatic rings. The summed E-state index contributed by atoms with van der Waals surface area (Å²) in [5.74, 6) is -1.19. The minimum atomic E-state index is -2.94. The maximum absolute atomic E-state index is 14.6. The largest absolute Gasteiger partial charge is 0.361 e. The molecule has 0 spiro atoms. The monoisotopic (exact) mass is 445 g/mol. The first-order chi connectivity index (χ1) is 15.2. The second kappa shape index (κ2) is 8.25. The summed E-state index contributed by atoms with van der Waals surface area (Å²) < 4.78 is 42.4. The van der Waals surface area contributed by atoms with Gasteiger partial charge in [-0.3, -0.25) is 9.59 Å². The molecule has 0 unspecified atom stereocenters. The van der Waals surface area contributed by atoms with Crippen LogP contribution in [0.4, 0.5) is 19.0 Å². The number of nitrogens with zero attached hydrogens (tertiary/aromatic N) is 4. The molecule has 0 aliphatic heterocycles. The van der Waals surface area contributed by atoms with Crippen LogP contribution in [0.25, 0.3) is 10.8 Å². The molecule has 4 rings (SSSR count). The van der Waals surface area contributed by atoms with E-state index in [0.29, 0.717) is 10.8 Å². The average Bonchev–Trinajstić information content (AvgIpc) is 3.58. The molecule has 1 fully saturated rings. The molecule has 1 aromatic carbocycles. The van der Waals surface area contributed by atoms with Crippen LogP contribution in [0.3, 0.4) is 0 Å². The molecule has 3 aromatic rings. The highest BCUT2D eigenvalue weighted by Crippen LogP contribution is 2.35. The van der Waals surface area contributed by atoms with E-state index in [1.54, 1.807) is 31.8 Å². The Bertz CT molecular complexity index is 1250. The van der Waals surface area contributed by atoms with Crippen LogP contribution in [0.1, 0.15) is 59.9 Å². The van der Waals surface area contributed by atoms with Crippen LogP contribution in [0, 0.1) is 5.82 Å². The summed E-state index contributed by atoms with van der Waals surface area (Å²) >= 11 is 0. The van der Waals surface area contributed by atoms with Gasteiger partial charge in [-0.25, -0.2) is 13.2 Å². The summed E-state index contributed by atoms with van der Waals surface area (Å²) in [4.78, 5) is 26.5. The Kier molecular flexibility index (Phi) is 5.62. The number of rotatable bonds is 6. The first-order valence-electron chi connectivity index (χ1n) is 10.2. The van der Waals surface area contributed by atoms with E-state index < -0.39 is 29.8 Å². The standard InChI is InChI=1S/C22H22F3N5O2/c1-11(13-5-4-6-14(18(13)23)20(24)25)26-21-16-10-30(12-7-8-12)17(31)9-15(16)19(27-28-21)22(32)29(2)3/h4-6,9-12,20H,7-8H2,1-3H3,(H,26,28)/t11-/m1/s1. The van der Waals surface area contributed by atoms with Crippen LogP contribution in [0.2, 0.25) is 0 Å². The summed E-state index contributed by atoms with van der Waals surface area (Å²) in [6.45, 7) is 1.61. The van der Waals surface area contributed by atoms with Gasteiger partial charge in [-0.2, -0.15) is 0 Å². The highest BCUT2D eigenvalue weighted by Gasteiger charge is 2.27. The lowest BCUT2D eigenvalue weighted by atomic mass is 10.0. The predicted octanol–water partition coefficient (Wildman–Crippen LogP) is 4.08. The SMILES string of the molecule is C[C@@H](Nc1nnc(C(=O)N(C)C)c2cc(=O)n(C3CC3)cc12)c1cccc(C(F)F)c1F. The zero-order valence-corrected chi connectivity index (χ0v) is 17.8. The van der Waals surface area contributed by atoms with Gasteiger partial charge in [-0.05, 0) is 19.8 Å². The van der Waals surface area contributed by atoms with Gasteiger partial charge in [0.2, 0.25) is 0 Å². The molecule has 0 bridgehead atoms. The highest BCUT2D eigenvalue weighted by molar-refractivity contribution is 6.07. The second-order valence-electron chi connectivity index (χ2n) is 8.09. The molecule has 32 heavy (non-hydrogen) atoms. The zero-order valence-electron chi connectivity index (χ0n) is 17.8. The summed E-state index contributed by atoms with van der Waals surface area (Å²) in [7, 11) is 3.13. The van der Waals surface area contributed by atoms with E-state index in [-0.39, 0.29) is 28.7 Å². The third-order valence-corrected chi connectivity index (χ3v) is 5.50. The third-order valence-electron chi connectivity index (χ3n) is 5.50. The number of hydrogen-bond acceptors (Lipinski definition) is 5. The van der Waals surface area contributed by atoms with E-state index in [2.05, 4.69) is 15.5 Å². The Morgan fingerprint density at radius 3 is 2.50 bits per heavy atom. The van der Waals surface area contributed by atoms with E-state index in [4.69, 9.17) is 0 Å². The summed E-state index contributed by atoms with van der Waals surface area (Å²) in [6.07, 6.45) is 0.431. The van der Waals surface area contributed by atoms with Crippen LogP contribution in [-0.2, 0) is 0 Å². The van der Waals surface area contributed by atoms with Crippen LogP contribution in [0.15, 0.2) is 35.3 Å². The van der Waals surface area contributed by atoms with Crippen molar-refractivity contribution in [2.24, 2.45) is 0 Å². The third kappa shape index (κ3) is 3.92. The van der Waals surface area contributed by atoms with E-state index in [1.165, 1.54) is 23.1 Å². The molecular weight excluding hydrogens is 423 g/mol. The van der Waals surface area contributed by atoms with Gasteiger partial charge >= 0.3 is 0 Å². The van der Waals surface area contributed by atoms with Gasteiger partial charge < -0.3 is 14.8 Å². The molecule has 0 saturated heterocycles. The molecule has 2 heterocycles. The molecule has 1 saturated carbocycles. The highest BCUT2D eigenvalue weighted by atomic mass is 19.3. The fourth-order valence-corrected chi connectivity index (χ4v) is 3.61. The van der Waals surface area contributed by atoms with Crippen molar-refractivity contribution in [2.45, 2.75) is 38.3 Å². The normalized spacial score (nSPS) is 14.6. The molecule has 1 amide bonds. The number of benzene rings is 1. The molecular formula is C22H22F3N5O2. The number of carbonyl (C=O) groups excluding carboxylic acids is 1. The number of pyridine rings is 1. The lowest BCUT2D eigenvalue weighted by Crippen LogP contribution is -2.25. The zero-order chi connectivity index (χ0) is 23.2. The van der Waals surface area contributed by atoms with Gasteiger partial charge in [0.15, 0.2) is 11.5 Å². The average molecular weight is 445 g/mol. The van der Waals surface area contributed by atoms with Crippen molar-refractivity contribution >= 4 is 22.5 Å². The number of nitrogens with one attached hydrogen (secondary N) is 1. The minimum Gasteiger partial charge on any atom is -0.361 e. The Morgan fingerprint density at radius 2 is 1.88 bits per heavy atom. The van der Waals surface area contributed by atoms with Gasteiger partial charge in [-0.15, -0.1) is 10.2 Å². The van der Waals surface area contributed by atoms with Crippen LogP contribution < -0.4 is 10.9 Å². The van der Waals surface area contributed by atoms with Crippen molar-refractivity contribution in [2.75, 3.05) is 19.4 Å². The molecule has 168 valence electrons. The number of halogens is 3. The first kappa shape index (κ1) is 21.8. The van der Waals surface area contributed by atoms with Crippen molar-refractivity contribution in [3.8, 4) is 0 Å². The number of amides is 1. The van der Waals surface area contributed by atoms with E-state index in [1.807, 2.05) is 0 Å². The summed E-state index contributed by atoms with van der Waals surface area (Å²) in [5.41, 5.74) is -0.868. The number of carbonyl (C=O) groups is 1. The van der Waals surface area contributed by atoms with Crippen molar-refractivity contribution < 1.29 is 18.0 Å². The van der Waals surface area contributed by atoms with Gasteiger partial charge in [0.25, 0.3) is 17.9 Å². The quantitative estimate of drug-likeness (QED) is 0.619. The number of hydrogen-bond donors (Lipinski definition) is 1. The van der Waals surface area contributed by atoms with Crippen LogP contribution in [-0.4, -0.2) is 39.7 Å².